The van der Waals surface area contributed by atoms with Crippen LogP contribution in [0.25, 0.3) is 0 Å². The fourth-order valence-electron chi connectivity index (χ4n) is 1.98. The minimum absolute atomic E-state index is 0.329. The first kappa shape index (κ1) is 12.1. The first-order valence-electron chi connectivity index (χ1n) is 4.86. The van der Waals surface area contributed by atoms with E-state index in [1.165, 1.54) is 0 Å². The molecule has 1 rings (SSSR count). The molecule has 1 aliphatic rings. The van der Waals surface area contributed by atoms with Crippen LogP contribution >= 0.6 is 11.6 Å². The van der Waals surface area contributed by atoms with Crippen molar-refractivity contribution in [2.75, 3.05) is 19.0 Å². The Hall–Kier alpha value is 0.0400. The van der Waals surface area contributed by atoms with Gasteiger partial charge in [-0.2, -0.15) is 13.2 Å². The highest BCUT2D eigenvalue weighted by molar-refractivity contribution is 6.18. The summed E-state index contributed by atoms with van der Waals surface area (Å²) in [5.41, 5.74) is 0. The molecule has 0 heterocycles. The molecular weight excluding hydrogens is 215 g/mol. The molecular formula is C9H15ClF3N. The van der Waals surface area contributed by atoms with Crippen LogP contribution in [0.2, 0.25) is 0 Å². The van der Waals surface area contributed by atoms with Crippen LogP contribution in [0.4, 0.5) is 13.2 Å². The average molecular weight is 230 g/mol. The van der Waals surface area contributed by atoms with Crippen molar-refractivity contribution >= 4 is 11.6 Å². The van der Waals surface area contributed by atoms with Crippen LogP contribution in [0.1, 0.15) is 19.3 Å². The highest BCUT2D eigenvalue weighted by atomic mass is 35.5. The third kappa shape index (κ3) is 4.05. The van der Waals surface area contributed by atoms with Crippen LogP contribution in [0, 0.1) is 11.8 Å². The van der Waals surface area contributed by atoms with Gasteiger partial charge in [-0.25, -0.2) is 0 Å². The first-order valence-corrected chi connectivity index (χ1v) is 5.40. The number of hydrogen-bond acceptors (Lipinski definition) is 1. The van der Waals surface area contributed by atoms with Crippen molar-refractivity contribution in [2.45, 2.75) is 25.4 Å². The van der Waals surface area contributed by atoms with E-state index in [0.29, 0.717) is 24.3 Å². The highest BCUT2D eigenvalue weighted by Gasteiger charge is 2.29. The number of nitrogens with one attached hydrogen (secondary N) is 1. The second-order valence-electron chi connectivity index (χ2n) is 3.85. The van der Waals surface area contributed by atoms with Gasteiger partial charge < -0.3 is 5.32 Å². The summed E-state index contributed by atoms with van der Waals surface area (Å²) in [7, 11) is 0. The highest BCUT2D eigenvalue weighted by Crippen LogP contribution is 2.32. The van der Waals surface area contributed by atoms with E-state index in [2.05, 4.69) is 5.32 Å². The Morgan fingerprint density at radius 2 is 1.86 bits per heavy atom. The topological polar surface area (TPSA) is 12.0 Å². The number of rotatable bonds is 4. The molecule has 2 atom stereocenters. The van der Waals surface area contributed by atoms with Crippen molar-refractivity contribution in [3.63, 3.8) is 0 Å². The molecule has 1 fully saturated rings. The Kier molecular flexibility index (Phi) is 4.51. The molecule has 1 aliphatic carbocycles. The largest absolute Gasteiger partial charge is 0.401 e. The number of hydrogen-bond donors (Lipinski definition) is 1. The Labute approximate surface area is 87.0 Å². The lowest BCUT2D eigenvalue weighted by molar-refractivity contribution is -0.125. The van der Waals surface area contributed by atoms with Gasteiger partial charge in [0.15, 0.2) is 0 Å². The maximum absolute atomic E-state index is 11.8. The molecule has 0 aromatic carbocycles. The quantitative estimate of drug-likeness (QED) is 0.731. The zero-order valence-electron chi connectivity index (χ0n) is 7.91. The number of alkyl halides is 4. The lowest BCUT2D eigenvalue weighted by atomic mass is 9.98. The maximum atomic E-state index is 11.8. The normalized spacial score (nSPS) is 28.3. The second-order valence-corrected chi connectivity index (χ2v) is 4.16. The van der Waals surface area contributed by atoms with Gasteiger partial charge >= 0.3 is 6.18 Å². The molecule has 0 aromatic rings. The van der Waals surface area contributed by atoms with Crippen molar-refractivity contribution in [1.82, 2.24) is 5.32 Å². The van der Waals surface area contributed by atoms with E-state index in [9.17, 15) is 13.2 Å². The summed E-state index contributed by atoms with van der Waals surface area (Å²) in [5, 5.41) is 2.45. The lowest BCUT2D eigenvalue weighted by Gasteiger charge is -2.18. The molecule has 0 spiro atoms. The summed E-state index contributed by atoms with van der Waals surface area (Å²) in [6.07, 6.45) is -0.949. The monoisotopic (exact) mass is 229 g/mol. The zero-order chi connectivity index (χ0) is 10.6. The predicted octanol–water partition coefficient (Wildman–Crippen LogP) is 2.79. The van der Waals surface area contributed by atoms with Gasteiger partial charge in [0.05, 0.1) is 6.54 Å². The van der Waals surface area contributed by atoms with E-state index >= 15 is 0 Å². The van der Waals surface area contributed by atoms with Gasteiger partial charge in [0, 0.05) is 5.88 Å². The van der Waals surface area contributed by atoms with E-state index in [1.807, 2.05) is 0 Å². The van der Waals surface area contributed by atoms with Crippen molar-refractivity contribution in [2.24, 2.45) is 11.8 Å². The fourth-order valence-corrected chi connectivity index (χ4v) is 2.39. The van der Waals surface area contributed by atoms with Crippen LogP contribution in [0.5, 0.6) is 0 Å². The van der Waals surface area contributed by atoms with Gasteiger partial charge in [0.2, 0.25) is 0 Å². The first-order chi connectivity index (χ1) is 6.53. The Morgan fingerprint density at radius 3 is 2.43 bits per heavy atom. The average Bonchev–Trinajstić information content (AvgIpc) is 2.49. The molecule has 0 amide bonds. The van der Waals surface area contributed by atoms with Gasteiger partial charge in [-0.05, 0) is 31.2 Å². The van der Waals surface area contributed by atoms with Crippen molar-refractivity contribution in [3.8, 4) is 0 Å². The van der Waals surface area contributed by atoms with E-state index in [0.717, 1.165) is 19.3 Å². The molecule has 2 unspecified atom stereocenters. The van der Waals surface area contributed by atoms with Gasteiger partial charge in [-0.15, -0.1) is 11.6 Å². The van der Waals surface area contributed by atoms with Gasteiger partial charge in [0.25, 0.3) is 0 Å². The Bertz CT molecular complexity index is 172. The van der Waals surface area contributed by atoms with Gasteiger partial charge in [0.1, 0.15) is 0 Å². The van der Waals surface area contributed by atoms with Crippen molar-refractivity contribution in [3.05, 3.63) is 0 Å². The summed E-state index contributed by atoms with van der Waals surface area (Å²) in [6.45, 7) is -0.449. The molecule has 0 aliphatic heterocycles. The minimum atomic E-state index is -4.10. The molecule has 14 heavy (non-hydrogen) atoms. The van der Waals surface area contributed by atoms with Crippen LogP contribution in [0.15, 0.2) is 0 Å². The van der Waals surface area contributed by atoms with Crippen LogP contribution in [-0.4, -0.2) is 25.1 Å². The minimum Gasteiger partial charge on any atom is -0.308 e. The third-order valence-electron chi connectivity index (χ3n) is 2.75. The van der Waals surface area contributed by atoms with Crippen molar-refractivity contribution in [1.29, 1.82) is 0 Å². The second kappa shape index (κ2) is 5.21. The molecule has 1 saturated carbocycles. The molecule has 0 bridgehead atoms. The Morgan fingerprint density at radius 1 is 1.21 bits per heavy atom. The van der Waals surface area contributed by atoms with E-state index in [1.54, 1.807) is 0 Å². The smallest absolute Gasteiger partial charge is 0.308 e. The molecule has 0 saturated heterocycles. The summed E-state index contributed by atoms with van der Waals surface area (Å²) >= 11 is 5.72. The van der Waals surface area contributed by atoms with Crippen molar-refractivity contribution < 1.29 is 13.2 Å². The summed E-state index contributed by atoms with van der Waals surface area (Å²) in [4.78, 5) is 0. The zero-order valence-corrected chi connectivity index (χ0v) is 8.67. The molecule has 84 valence electrons. The maximum Gasteiger partial charge on any atom is 0.401 e. The third-order valence-corrected chi connectivity index (χ3v) is 3.14. The van der Waals surface area contributed by atoms with Gasteiger partial charge in [-0.1, -0.05) is 6.42 Å². The lowest BCUT2D eigenvalue weighted by Crippen LogP contribution is -2.33. The summed E-state index contributed by atoms with van der Waals surface area (Å²) in [5.74, 6) is 1.30. The SMILES string of the molecule is FC(F)(F)CNCC1CCCC1CCl. The van der Waals surface area contributed by atoms with E-state index < -0.39 is 12.7 Å². The molecule has 0 radical (unpaired) electrons. The van der Waals surface area contributed by atoms with Crippen LogP contribution in [0.3, 0.4) is 0 Å². The molecule has 1 N–H and O–H groups in total. The molecule has 5 heteroatoms. The summed E-state index contributed by atoms with van der Waals surface area (Å²) in [6, 6.07) is 0. The Balaban J connectivity index is 2.18. The fraction of sp³-hybridized carbons (Fsp3) is 1.00. The standard InChI is InChI=1S/C9H15ClF3N/c10-4-7-2-1-3-8(7)5-14-6-9(11,12)13/h7-8,14H,1-6H2. The van der Waals surface area contributed by atoms with E-state index in [4.69, 9.17) is 11.6 Å². The van der Waals surface area contributed by atoms with Crippen LogP contribution in [-0.2, 0) is 0 Å². The summed E-state index contributed by atoms with van der Waals surface area (Å²) < 4.78 is 35.5. The predicted molar refractivity (Wildman–Crippen MR) is 50.5 cm³/mol. The van der Waals surface area contributed by atoms with Crippen LogP contribution < -0.4 is 5.32 Å². The molecule has 0 aromatic heterocycles. The number of halogens is 4. The van der Waals surface area contributed by atoms with E-state index in [-0.39, 0.29) is 0 Å². The molecule has 1 nitrogen and oxygen atoms in total. The van der Waals surface area contributed by atoms with Gasteiger partial charge in [-0.3, -0.25) is 0 Å².